The molecule has 2 aromatic rings. The van der Waals surface area contributed by atoms with Crippen LogP contribution in [0.5, 0.6) is 11.5 Å². The van der Waals surface area contributed by atoms with Crippen LogP contribution in [-0.2, 0) is 9.53 Å². The first-order chi connectivity index (χ1) is 11.6. The maximum Gasteiger partial charge on any atom is 0.359 e. The van der Waals surface area contributed by atoms with E-state index in [1.54, 1.807) is 18.2 Å². The van der Waals surface area contributed by atoms with E-state index in [2.05, 4.69) is 15.3 Å². The van der Waals surface area contributed by atoms with Crippen LogP contribution in [-0.4, -0.2) is 41.2 Å². The second-order valence-electron chi connectivity index (χ2n) is 4.99. The molecule has 1 N–H and O–H groups in total. The lowest BCUT2D eigenvalue weighted by atomic mass is 10.2. The summed E-state index contributed by atoms with van der Waals surface area (Å²) in [5.74, 6) is 0.00137. The fraction of sp³-hybridized carbons (Fsp3) is 0.250. The number of amides is 1. The van der Waals surface area contributed by atoms with Crippen LogP contribution < -0.4 is 14.8 Å². The summed E-state index contributed by atoms with van der Waals surface area (Å²) in [5.41, 5.74) is 0.558. The standard InChI is InChI=1S/C16H15N3O5/c1-10(24-16(21)12-9-17-4-5-18-12)15(20)19-11-2-3-13-14(8-11)23-7-6-22-13/h2-5,8-10H,6-7H2,1H3,(H,19,20)/t10-/m1/s1. The van der Waals surface area contributed by atoms with Crippen molar-refractivity contribution in [3.8, 4) is 11.5 Å². The van der Waals surface area contributed by atoms with Gasteiger partial charge < -0.3 is 19.5 Å². The topological polar surface area (TPSA) is 99.6 Å². The van der Waals surface area contributed by atoms with Gasteiger partial charge in [0.15, 0.2) is 23.3 Å². The number of fused-ring (bicyclic) bond motifs is 1. The number of ether oxygens (including phenoxy) is 3. The van der Waals surface area contributed by atoms with Gasteiger partial charge in [-0.1, -0.05) is 0 Å². The van der Waals surface area contributed by atoms with Gasteiger partial charge in [0.2, 0.25) is 0 Å². The third-order valence-corrected chi connectivity index (χ3v) is 3.24. The van der Waals surface area contributed by atoms with Crippen molar-refractivity contribution in [3.05, 3.63) is 42.5 Å². The molecule has 8 heteroatoms. The summed E-state index contributed by atoms with van der Waals surface area (Å²) in [5, 5.41) is 2.66. The van der Waals surface area contributed by atoms with Crippen LogP contribution in [0.15, 0.2) is 36.8 Å². The first-order valence-corrected chi connectivity index (χ1v) is 7.31. The van der Waals surface area contributed by atoms with Crippen molar-refractivity contribution >= 4 is 17.6 Å². The van der Waals surface area contributed by atoms with Gasteiger partial charge in [-0.05, 0) is 19.1 Å². The second-order valence-corrected chi connectivity index (χ2v) is 4.99. The summed E-state index contributed by atoms with van der Waals surface area (Å²) in [6.07, 6.45) is 3.09. The van der Waals surface area contributed by atoms with Gasteiger partial charge in [0, 0.05) is 24.1 Å². The van der Waals surface area contributed by atoms with Gasteiger partial charge in [-0.3, -0.25) is 9.78 Å². The van der Waals surface area contributed by atoms with Gasteiger partial charge in [-0.2, -0.15) is 0 Å². The molecular formula is C16H15N3O5. The fourth-order valence-corrected chi connectivity index (χ4v) is 2.04. The van der Waals surface area contributed by atoms with Crippen molar-refractivity contribution in [2.45, 2.75) is 13.0 Å². The van der Waals surface area contributed by atoms with Crippen LogP contribution in [0.3, 0.4) is 0 Å². The molecule has 124 valence electrons. The smallest absolute Gasteiger partial charge is 0.359 e. The number of nitrogens with zero attached hydrogens (tertiary/aromatic N) is 2. The van der Waals surface area contributed by atoms with Crippen molar-refractivity contribution in [3.63, 3.8) is 0 Å². The number of hydrogen-bond donors (Lipinski definition) is 1. The summed E-state index contributed by atoms with van der Waals surface area (Å²) in [6, 6.07) is 5.05. The number of nitrogens with one attached hydrogen (secondary N) is 1. The highest BCUT2D eigenvalue weighted by Gasteiger charge is 2.21. The zero-order valence-corrected chi connectivity index (χ0v) is 12.9. The summed E-state index contributed by atoms with van der Waals surface area (Å²) in [4.78, 5) is 31.6. The summed E-state index contributed by atoms with van der Waals surface area (Å²) < 4.78 is 15.9. The molecule has 1 aliphatic heterocycles. The molecule has 0 fully saturated rings. The number of hydrogen-bond acceptors (Lipinski definition) is 7. The molecule has 2 heterocycles. The minimum absolute atomic E-state index is 0.0384. The van der Waals surface area contributed by atoms with Crippen LogP contribution in [0.25, 0.3) is 0 Å². The highest BCUT2D eigenvalue weighted by Crippen LogP contribution is 2.32. The minimum atomic E-state index is -0.993. The zero-order chi connectivity index (χ0) is 16.9. The Balaban J connectivity index is 1.61. The molecule has 1 atom stereocenters. The van der Waals surface area contributed by atoms with E-state index in [0.29, 0.717) is 30.4 Å². The number of benzene rings is 1. The third kappa shape index (κ3) is 3.60. The van der Waals surface area contributed by atoms with E-state index in [-0.39, 0.29) is 5.69 Å². The largest absolute Gasteiger partial charge is 0.486 e. The predicted octanol–water partition coefficient (Wildman–Crippen LogP) is 1.43. The monoisotopic (exact) mass is 329 g/mol. The molecule has 1 aromatic heterocycles. The Morgan fingerprint density at radius 1 is 1.21 bits per heavy atom. The maximum absolute atomic E-state index is 12.2. The zero-order valence-electron chi connectivity index (χ0n) is 12.9. The van der Waals surface area contributed by atoms with E-state index < -0.39 is 18.0 Å². The third-order valence-electron chi connectivity index (χ3n) is 3.24. The molecule has 1 amide bonds. The Kier molecular flexibility index (Phi) is 4.55. The van der Waals surface area contributed by atoms with Crippen LogP contribution in [0.4, 0.5) is 5.69 Å². The number of carbonyl (C=O) groups is 2. The van der Waals surface area contributed by atoms with Crippen molar-refractivity contribution in [1.29, 1.82) is 0 Å². The maximum atomic E-state index is 12.2. The van der Waals surface area contributed by atoms with Crippen LogP contribution in [0.2, 0.25) is 0 Å². The molecule has 24 heavy (non-hydrogen) atoms. The molecule has 0 unspecified atom stereocenters. The second kappa shape index (κ2) is 6.95. The van der Waals surface area contributed by atoms with Crippen molar-refractivity contribution in [2.24, 2.45) is 0 Å². The summed E-state index contributed by atoms with van der Waals surface area (Å²) in [6.45, 7) is 2.42. The van der Waals surface area contributed by atoms with Crippen LogP contribution >= 0.6 is 0 Å². The van der Waals surface area contributed by atoms with Crippen LogP contribution in [0.1, 0.15) is 17.4 Å². The lowest BCUT2D eigenvalue weighted by Crippen LogP contribution is -2.30. The van der Waals surface area contributed by atoms with Gasteiger partial charge in [-0.15, -0.1) is 0 Å². The minimum Gasteiger partial charge on any atom is -0.486 e. The van der Waals surface area contributed by atoms with Crippen molar-refractivity contribution < 1.29 is 23.8 Å². The Bertz CT molecular complexity index is 751. The van der Waals surface area contributed by atoms with Gasteiger partial charge in [0.25, 0.3) is 5.91 Å². The van der Waals surface area contributed by atoms with Gasteiger partial charge in [0.1, 0.15) is 13.2 Å². The molecular weight excluding hydrogens is 314 g/mol. The molecule has 0 saturated carbocycles. The van der Waals surface area contributed by atoms with Crippen molar-refractivity contribution in [1.82, 2.24) is 9.97 Å². The molecule has 0 radical (unpaired) electrons. The quantitative estimate of drug-likeness (QED) is 0.847. The number of carbonyl (C=O) groups excluding carboxylic acids is 2. The van der Waals surface area contributed by atoms with Crippen LogP contribution in [0, 0.1) is 0 Å². The molecule has 0 spiro atoms. The van der Waals surface area contributed by atoms with E-state index in [1.807, 2.05) is 0 Å². The first-order valence-electron chi connectivity index (χ1n) is 7.31. The van der Waals surface area contributed by atoms with Gasteiger partial charge in [0.05, 0.1) is 6.20 Å². The summed E-state index contributed by atoms with van der Waals surface area (Å²) in [7, 11) is 0. The average molecular weight is 329 g/mol. The number of aromatic nitrogens is 2. The molecule has 1 aliphatic rings. The number of anilines is 1. The van der Waals surface area contributed by atoms with Crippen molar-refractivity contribution in [2.75, 3.05) is 18.5 Å². The summed E-state index contributed by atoms with van der Waals surface area (Å²) >= 11 is 0. The van der Waals surface area contributed by atoms with E-state index in [4.69, 9.17) is 14.2 Å². The van der Waals surface area contributed by atoms with Gasteiger partial charge >= 0.3 is 5.97 Å². The highest BCUT2D eigenvalue weighted by atomic mass is 16.6. The van der Waals surface area contributed by atoms with E-state index in [1.165, 1.54) is 25.5 Å². The Labute approximate surface area is 137 Å². The normalized spacial score (nSPS) is 13.7. The molecule has 0 bridgehead atoms. The molecule has 8 nitrogen and oxygen atoms in total. The van der Waals surface area contributed by atoms with E-state index >= 15 is 0 Å². The molecule has 0 aliphatic carbocycles. The molecule has 1 aromatic carbocycles. The van der Waals surface area contributed by atoms with Gasteiger partial charge in [-0.25, -0.2) is 9.78 Å². The first kappa shape index (κ1) is 15.7. The Hall–Kier alpha value is -3.16. The SMILES string of the molecule is C[C@@H](OC(=O)c1cnccn1)C(=O)Nc1ccc2c(c1)OCCO2. The lowest BCUT2D eigenvalue weighted by molar-refractivity contribution is -0.123. The highest BCUT2D eigenvalue weighted by molar-refractivity contribution is 5.96. The lowest BCUT2D eigenvalue weighted by Gasteiger charge is -2.19. The molecule has 0 saturated heterocycles. The fourth-order valence-electron chi connectivity index (χ4n) is 2.04. The predicted molar refractivity (Wildman–Crippen MR) is 83.0 cm³/mol. The van der Waals surface area contributed by atoms with E-state index in [9.17, 15) is 9.59 Å². The van der Waals surface area contributed by atoms with E-state index in [0.717, 1.165) is 0 Å². The average Bonchev–Trinajstić information content (AvgIpc) is 2.62. The molecule has 3 rings (SSSR count). The Morgan fingerprint density at radius 3 is 2.75 bits per heavy atom. The number of rotatable bonds is 4. The Morgan fingerprint density at radius 2 is 2.00 bits per heavy atom. The number of esters is 1.